The van der Waals surface area contributed by atoms with E-state index in [2.05, 4.69) is 0 Å². The van der Waals surface area contributed by atoms with E-state index in [0.29, 0.717) is 36.0 Å². The molecule has 0 aliphatic carbocycles. The second kappa shape index (κ2) is 13.6. The van der Waals surface area contributed by atoms with Crippen LogP contribution >= 0.6 is 0 Å². The molecule has 0 radical (unpaired) electrons. The van der Waals surface area contributed by atoms with Crippen LogP contribution in [0.2, 0.25) is 0 Å². The van der Waals surface area contributed by atoms with Crippen molar-refractivity contribution in [2.45, 2.75) is 6.42 Å². The lowest BCUT2D eigenvalue weighted by Crippen LogP contribution is -2.25. The highest BCUT2D eigenvalue weighted by molar-refractivity contribution is 6.10. The zero-order valence-corrected chi connectivity index (χ0v) is 20.3. The standard InChI is InChI=1S/C26H30N2O7/c1-28(2)26(31)35-23-12-8-19(16-25(23)33-4)6-10-21(30)17-20(29)9-5-18-7-11-22(34-14-13-27)24(15-18)32-3/h5-12,15-16H,13-14,17,27H2,1-4H3. The Balaban J connectivity index is 1.98. The predicted octanol–water partition coefficient (Wildman–Crippen LogP) is 3.36. The van der Waals surface area contributed by atoms with E-state index in [-0.39, 0.29) is 23.7 Å². The highest BCUT2D eigenvalue weighted by Gasteiger charge is 2.12. The molecule has 0 aromatic heterocycles. The van der Waals surface area contributed by atoms with Crippen LogP contribution < -0.4 is 24.7 Å². The number of hydrogen-bond acceptors (Lipinski definition) is 8. The van der Waals surface area contributed by atoms with Crippen molar-refractivity contribution < 1.29 is 33.3 Å². The maximum atomic E-state index is 12.2. The summed E-state index contributed by atoms with van der Waals surface area (Å²) in [5.41, 5.74) is 6.81. The summed E-state index contributed by atoms with van der Waals surface area (Å²) in [6, 6.07) is 10.1. The predicted molar refractivity (Wildman–Crippen MR) is 133 cm³/mol. The second-order valence-corrected chi connectivity index (χ2v) is 7.50. The minimum absolute atomic E-state index is 0.255. The first-order chi connectivity index (χ1) is 16.8. The second-order valence-electron chi connectivity index (χ2n) is 7.50. The first-order valence-electron chi connectivity index (χ1n) is 10.8. The number of nitrogens with two attached hydrogens (primary N) is 1. The largest absolute Gasteiger partial charge is 0.493 e. The maximum Gasteiger partial charge on any atom is 0.414 e. The first-order valence-corrected chi connectivity index (χ1v) is 10.8. The molecule has 0 saturated heterocycles. The number of carbonyl (C=O) groups excluding carboxylic acids is 3. The summed E-state index contributed by atoms with van der Waals surface area (Å²) in [4.78, 5) is 37.5. The lowest BCUT2D eigenvalue weighted by Gasteiger charge is -2.13. The van der Waals surface area contributed by atoms with Gasteiger partial charge in [-0.25, -0.2) is 4.79 Å². The van der Waals surface area contributed by atoms with Crippen LogP contribution in [0.15, 0.2) is 48.6 Å². The molecule has 0 saturated carbocycles. The quantitative estimate of drug-likeness (QED) is 0.362. The van der Waals surface area contributed by atoms with Crippen LogP contribution in [0.5, 0.6) is 23.0 Å². The highest BCUT2D eigenvalue weighted by Crippen LogP contribution is 2.29. The normalized spacial score (nSPS) is 10.9. The number of nitrogens with zero attached hydrogens (tertiary/aromatic N) is 1. The Hall–Kier alpha value is -4.11. The van der Waals surface area contributed by atoms with Crippen LogP contribution in [0.4, 0.5) is 4.79 Å². The Kier molecular flexibility index (Phi) is 10.5. The van der Waals surface area contributed by atoms with Crippen LogP contribution in [0.25, 0.3) is 12.2 Å². The van der Waals surface area contributed by atoms with Crippen molar-refractivity contribution in [3.63, 3.8) is 0 Å². The summed E-state index contributed by atoms with van der Waals surface area (Å²) >= 11 is 0. The van der Waals surface area contributed by atoms with Gasteiger partial charge in [0.05, 0.1) is 20.6 Å². The van der Waals surface area contributed by atoms with Gasteiger partial charge in [-0.15, -0.1) is 0 Å². The number of benzene rings is 2. The minimum atomic E-state index is -0.539. The third-order valence-corrected chi connectivity index (χ3v) is 4.59. The number of hydrogen-bond donors (Lipinski definition) is 1. The molecule has 2 aromatic rings. The van der Waals surface area contributed by atoms with E-state index >= 15 is 0 Å². The van der Waals surface area contributed by atoms with Gasteiger partial charge < -0.3 is 29.6 Å². The van der Waals surface area contributed by atoms with Gasteiger partial charge in [0.15, 0.2) is 34.6 Å². The number of rotatable bonds is 12. The van der Waals surface area contributed by atoms with Crippen molar-refractivity contribution in [3.05, 3.63) is 59.7 Å². The van der Waals surface area contributed by atoms with Crippen molar-refractivity contribution in [2.75, 3.05) is 41.5 Å². The zero-order chi connectivity index (χ0) is 25.8. The average Bonchev–Trinajstić information content (AvgIpc) is 2.85. The van der Waals surface area contributed by atoms with Gasteiger partial charge in [-0.05, 0) is 47.5 Å². The van der Waals surface area contributed by atoms with Crippen LogP contribution in [0.3, 0.4) is 0 Å². The summed E-state index contributed by atoms with van der Waals surface area (Å²) < 4.78 is 21.3. The van der Waals surface area contributed by atoms with Crippen LogP contribution in [0.1, 0.15) is 17.5 Å². The van der Waals surface area contributed by atoms with Gasteiger partial charge in [-0.2, -0.15) is 0 Å². The van der Waals surface area contributed by atoms with E-state index in [9.17, 15) is 14.4 Å². The van der Waals surface area contributed by atoms with Crippen LogP contribution in [0, 0.1) is 0 Å². The first kappa shape index (κ1) is 27.1. The molecular weight excluding hydrogens is 452 g/mol. The van der Waals surface area contributed by atoms with Gasteiger partial charge in [0.2, 0.25) is 0 Å². The number of ether oxygens (including phenoxy) is 4. The zero-order valence-electron chi connectivity index (χ0n) is 20.3. The minimum Gasteiger partial charge on any atom is -0.493 e. The molecule has 0 spiro atoms. The fourth-order valence-electron chi connectivity index (χ4n) is 2.80. The van der Waals surface area contributed by atoms with Crippen molar-refractivity contribution in [3.8, 4) is 23.0 Å². The summed E-state index contributed by atoms with van der Waals surface area (Å²) in [6.45, 7) is 0.743. The van der Waals surface area contributed by atoms with Gasteiger partial charge in [0, 0.05) is 20.6 Å². The van der Waals surface area contributed by atoms with Gasteiger partial charge in [-0.1, -0.05) is 24.3 Å². The van der Waals surface area contributed by atoms with Crippen molar-refractivity contribution in [2.24, 2.45) is 5.73 Å². The topological polar surface area (TPSA) is 117 Å². The molecule has 2 aromatic carbocycles. The number of methoxy groups -OCH3 is 2. The van der Waals surface area contributed by atoms with Crippen LogP contribution in [-0.4, -0.2) is 64.0 Å². The Morgan fingerprint density at radius 2 is 1.34 bits per heavy atom. The van der Waals surface area contributed by atoms with E-state index in [4.69, 9.17) is 24.7 Å². The molecule has 0 aliphatic heterocycles. The molecule has 1 amide bonds. The van der Waals surface area contributed by atoms with Gasteiger partial charge in [0.1, 0.15) is 6.61 Å². The van der Waals surface area contributed by atoms with E-state index in [1.54, 1.807) is 62.6 Å². The Morgan fingerprint density at radius 1 is 0.829 bits per heavy atom. The molecule has 9 heteroatoms. The van der Waals surface area contributed by atoms with E-state index in [1.165, 1.54) is 31.3 Å². The van der Waals surface area contributed by atoms with Gasteiger partial charge in [0.25, 0.3) is 0 Å². The molecule has 0 heterocycles. The van der Waals surface area contributed by atoms with E-state index in [1.807, 2.05) is 0 Å². The molecule has 0 unspecified atom stereocenters. The lowest BCUT2D eigenvalue weighted by atomic mass is 10.1. The monoisotopic (exact) mass is 482 g/mol. The third-order valence-electron chi connectivity index (χ3n) is 4.59. The highest BCUT2D eigenvalue weighted by atomic mass is 16.6. The summed E-state index contributed by atoms with van der Waals surface area (Å²) in [5, 5.41) is 0. The molecule has 0 fully saturated rings. The molecule has 0 bridgehead atoms. The van der Waals surface area contributed by atoms with Gasteiger partial charge >= 0.3 is 6.09 Å². The fraction of sp³-hybridized carbons (Fsp3) is 0.269. The third kappa shape index (κ3) is 8.63. The molecule has 35 heavy (non-hydrogen) atoms. The molecular formula is C26H30N2O7. The maximum absolute atomic E-state index is 12.2. The summed E-state index contributed by atoms with van der Waals surface area (Å²) in [6.07, 6.45) is 5.01. The van der Waals surface area contributed by atoms with Crippen LogP contribution in [-0.2, 0) is 9.59 Å². The molecule has 186 valence electrons. The lowest BCUT2D eigenvalue weighted by molar-refractivity contribution is -0.121. The fourth-order valence-corrected chi connectivity index (χ4v) is 2.80. The Morgan fingerprint density at radius 3 is 1.83 bits per heavy atom. The Bertz CT molecular complexity index is 1110. The molecule has 0 atom stereocenters. The molecule has 2 rings (SSSR count). The average molecular weight is 483 g/mol. The van der Waals surface area contributed by atoms with Crippen molar-refractivity contribution in [1.82, 2.24) is 4.90 Å². The molecule has 2 N–H and O–H groups in total. The number of ketones is 2. The van der Waals surface area contributed by atoms with E-state index in [0.717, 1.165) is 5.56 Å². The summed E-state index contributed by atoms with van der Waals surface area (Å²) in [5.74, 6) is 0.969. The number of amides is 1. The smallest absolute Gasteiger partial charge is 0.414 e. The number of allylic oxidation sites excluding steroid dienone is 2. The Labute approximate surface area is 204 Å². The molecule has 0 aliphatic rings. The van der Waals surface area contributed by atoms with Crippen molar-refractivity contribution >= 4 is 29.8 Å². The summed E-state index contributed by atoms with van der Waals surface area (Å²) in [7, 11) is 6.11. The SMILES string of the molecule is COc1cc(C=CC(=O)CC(=O)C=Cc2ccc(OC(=O)N(C)C)c(OC)c2)ccc1OCCN. The molecule has 9 nitrogen and oxygen atoms in total. The van der Waals surface area contributed by atoms with Crippen molar-refractivity contribution in [1.29, 1.82) is 0 Å². The van der Waals surface area contributed by atoms with E-state index < -0.39 is 6.09 Å². The van der Waals surface area contributed by atoms with Gasteiger partial charge in [-0.3, -0.25) is 9.59 Å². The number of carbonyl (C=O) groups is 3.